The van der Waals surface area contributed by atoms with Crippen LogP contribution in [0.3, 0.4) is 0 Å². The highest BCUT2D eigenvalue weighted by Crippen LogP contribution is 2.51. The Morgan fingerprint density at radius 3 is 2.50 bits per heavy atom. The fourth-order valence-corrected chi connectivity index (χ4v) is 4.99. The average molecular weight is 499 g/mol. The lowest BCUT2D eigenvalue weighted by Crippen LogP contribution is -2.33. The van der Waals surface area contributed by atoms with Crippen LogP contribution in [0, 0.1) is 16.7 Å². The second-order valence-corrected chi connectivity index (χ2v) is 9.88. The van der Waals surface area contributed by atoms with E-state index in [2.05, 4.69) is 6.07 Å². The van der Waals surface area contributed by atoms with E-state index in [4.69, 9.17) is 43.1 Å². The molecule has 1 unspecified atom stereocenters. The van der Waals surface area contributed by atoms with E-state index in [1.54, 1.807) is 36.4 Å². The van der Waals surface area contributed by atoms with Crippen molar-refractivity contribution in [3.63, 3.8) is 0 Å². The maximum atomic E-state index is 13.3. The zero-order chi connectivity index (χ0) is 24.6. The van der Waals surface area contributed by atoms with Gasteiger partial charge in [-0.3, -0.25) is 4.79 Å². The molecule has 0 bridgehead atoms. The molecule has 176 valence electrons. The Labute approximate surface area is 208 Å². The van der Waals surface area contributed by atoms with Gasteiger partial charge in [0.1, 0.15) is 24.0 Å². The fraction of sp³-hybridized carbons (Fsp3) is 0.308. The number of para-hydroxylation sites is 1. The predicted octanol–water partition coefficient (Wildman–Crippen LogP) is 6.03. The summed E-state index contributed by atoms with van der Waals surface area (Å²) in [4.78, 5) is 13.3. The highest BCUT2D eigenvalue weighted by Gasteiger charge is 2.44. The van der Waals surface area contributed by atoms with E-state index in [-0.39, 0.29) is 29.3 Å². The number of Topliss-reactive ketones (excluding diaryl/α,β-unsaturated/α-hetero) is 1. The molecule has 0 amide bonds. The third-order valence-corrected chi connectivity index (χ3v) is 6.75. The minimum Gasteiger partial charge on any atom is -0.493 e. The Morgan fingerprint density at radius 2 is 1.85 bits per heavy atom. The van der Waals surface area contributed by atoms with Gasteiger partial charge in [0.2, 0.25) is 5.88 Å². The molecule has 1 atom stereocenters. The summed E-state index contributed by atoms with van der Waals surface area (Å²) < 4.78 is 17.6. The maximum Gasteiger partial charge on any atom is 0.205 e. The van der Waals surface area contributed by atoms with E-state index in [0.717, 1.165) is 0 Å². The highest BCUT2D eigenvalue weighted by molar-refractivity contribution is 6.35. The molecule has 0 radical (unpaired) electrons. The summed E-state index contributed by atoms with van der Waals surface area (Å²) in [6, 6.07) is 12.7. The minimum atomic E-state index is -0.746. The molecule has 0 fully saturated rings. The van der Waals surface area contributed by atoms with E-state index in [0.29, 0.717) is 56.8 Å². The van der Waals surface area contributed by atoms with E-state index in [1.165, 1.54) is 7.11 Å². The molecule has 4 rings (SSSR count). The van der Waals surface area contributed by atoms with Crippen LogP contribution < -0.4 is 15.2 Å². The van der Waals surface area contributed by atoms with Crippen molar-refractivity contribution in [1.82, 2.24) is 0 Å². The summed E-state index contributed by atoms with van der Waals surface area (Å²) >= 11 is 12.7. The van der Waals surface area contributed by atoms with Gasteiger partial charge in [-0.2, -0.15) is 5.26 Å². The summed E-state index contributed by atoms with van der Waals surface area (Å²) in [6.07, 6.45) is 0.860. The maximum absolute atomic E-state index is 13.3. The van der Waals surface area contributed by atoms with Gasteiger partial charge in [0.05, 0.1) is 13.0 Å². The Hall–Kier alpha value is -3.14. The van der Waals surface area contributed by atoms with Crippen LogP contribution in [-0.2, 0) is 16.1 Å². The first-order valence-corrected chi connectivity index (χ1v) is 11.5. The number of ketones is 1. The van der Waals surface area contributed by atoms with Crippen LogP contribution >= 0.6 is 23.2 Å². The molecule has 34 heavy (non-hydrogen) atoms. The lowest BCUT2D eigenvalue weighted by atomic mass is 9.70. The van der Waals surface area contributed by atoms with Gasteiger partial charge < -0.3 is 19.9 Å². The number of halogens is 2. The molecule has 1 aliphatic heterocycles. The van der Waals surface area contributed by atoms with Crippen molar-refractivity contribution in [3.8, 4) is 17.6 Å². The Balaban J connectivity index is 1.85. The number of carbonyl (C=O) groups is 1. The number of nitriles is 1. The second kappa shape index (κ2) is 9.25. The molecular weight excluding hydrogens is 475 g/mol. The number of nitrogens with zero attached hydrogens (tertiary/aromatic N) is 1. The summed E-state index contributed by atoms with van der Waals surface area (Å²) in [7, 11) is 1.52. The summed E-state index contributed by atoms with van der Waals surface area (Å²) in [5.41, 5.74) is 7.66. The molecule has 6 nitrogen and oxygen atoms in total. The van der Waals surface area contributed by atoms with Crippen molar-refractivity contribution >= 4 is 29.0 Å². The zero-order valence-corrected chi connectivity index (χ0v) is 20.6. The van der Waals surface area contributed by atoms with Crippen molar-refractivity contribution in [2.24, 2.45) is 11.1 Å². The number of allylic oxidation sites excluding steroid dienone is 3. The standard InChI is InChI=1S/C26H24Cl2N2O4/c1-26(2)10-19(31)23-21(11-26)34-25(30)15(12-29)22(23)14-6-4-9-20(32-3)24(14)33-13-16-17(27)7-5-8-18(16)28/h4-9,22H,10-11,13,30H2,1-3H3. The van der Waals surface area contributed by atoms with Crippen LogP contribution in [-0.4, -0.2) is 12.9 Å². The monoisotopic (exact) mass is 498 g/mol. The molecule has 0 saturated heterocycles. The van der Waals surface area contributed by atoms with E-state index in [9.17, 15) is 10.1 Å². The van der Waals surface area contributed by atoms with Crippen molar-refractivity contribution in [1.29, 1.82) is 5.26 Å². The lowest BCUT2D eigenvalue weighted by Gasteiger charge is -2.37. The largest absolute Gasteiger partial charge is 0.493 e. The first-order chi connectivity index (χ1) is 16.2. The van der Waals surface area contributed by atoms with Gasteiger partial charge in [0.15, 0.2) is 17.3 Å². The van der Waals surface area contributed by atoms with E-state index >= 15 is 0 Å². The molecule has 0 spiro atoms. The molecule has 1 aliphatic carbocycles. The van der Waals surface area contributed by atoms with Crippen LogP contribution in [0.4, 0.5) is 0 Å². The Morgan fingerprint density at radius 1 is 1.18 bits per heavy atom. The molecule has 2 aromatic rings. The number of rotatable bonds is 5. The number of benzene rings is 2. The fourth-order valence-electron chi connectivity index (χ4n) is 4.49. The van der Waals surface area contributed by atoms with Gasteiger partial charge in [-0.1, -0.05) is 55.2 Å². The van der Waals surface area contributed by atoms with Crippen LogP contribution in [0.15, 0.2) is 59.2 Å². The third kappa shape index (κ3) is 4.34. The van der Waals surface area contributed by atoms with Gasteiger partial charge in [0, 0.05) is 39.6 Å². The molecule has 2 aromatic carbocycles. The summed E-state index contributed by atoms with van der Waals surface area (Å²) in [6.45, 7) is 4.06. The van der Waals surface area contributed by atoms with Gasteiger partial charge in [0.25, 0.3) is 0 Å². The first kappa shape index (κ1) is 24.0. The van der Waals surface area contributed by atoms with Gasteiger partial charge in [-0.15, -0.1) is 0 Å². The number of carbonyl (C=O) groups excluding carboxylic acids is 1. The quantitative estimate of drug-likeness (QED) is 0.540. The molecule has 1 heterocycles. The van der Waals surface area contributed by atoms with Crippen molar-refractivity contribution in [3.05, 3.63) is 80.4 Å². The number of hydrogen-bond acceptors (Lipinski definition) is 6. The smallest absolute Gasteiger partial charge is 0.205 e. The summed E-state index contributed by atoms with van der Waals surface area (Å²) in [5, 5.41) is 10.9. The van der Waals surface area contributed by atoms with Crippen molar-refractivity contribution in [2.75, 3.05) is 7.11 Å². The molecule has 2 aliphatic rings. The summed E-state index contributed by atoms with van der Waals surface area (Å²) in [5.74, 6) is 0.459. The average Bonchev–Trinajstić information content (AvgIpc) is 2.77. The van der Waals surface area contributed by atoms with Gasteiger partial charge in [-0.25, -0.2) is 0 Å². The molecule has 2 N–H and O–H groups in total. The number of ether oxygens (including phenoxy) is 3. The van der Waals surface area contributed by atoms with E-state index in [1.807, 2.05) is 13.8 Å². The van der Waals surface area contributed by atoms with Crippen LogP contribution in [0.25, 0.3) is 0 Å². The number of methoxy groups -OCH3 is 1. The van der Waals surface area contributed by atoms with Gasteiger partial charge >= 0.3 is 0 Å². The highest BCUT2D eigenvalue weighted by atomic mass is 35.5. The zero-order valence-electron chi connectivity index (χ0n) is 19.1. The topological polar surface area (TPSA) is 94.6 Å². The molecule has 8 heteroatoms. The molecule has 0 saturated carbocycles. The predicted molar refractivity (Wildman–Crippen MR) is 129 cm³/mol. The Kier molecular flexibility index (Phi) is 6.53. The van der Waals surface area contributed by atoms with Crippen LogP contribution in [0.2, 0.25) is 10.0 Å². The lowest BCUT2D eigenvalue weighted by molar-refractivity contribution is -0.119. The van der Waals surface area contributed by atoms with Crippen molar-refractivity contribution < 1.29 is 19.0 Å². The molecule has 0 aromatic heterocycles. The number of nitrogens with two attached hydrogens (primary N) is 1. The van der Waals surface area contributed by atoms with Crippen molar-refractivity contribution in [2.45, 2.75) is 39.2 Å². The third-order valence-electron chi connectivity index (χ3n) is 6.04. The van der Waals surface area contributed by atoms with E-state index < -0.39 is 5.92 Å². The number of hydrogen-bond donors (Lipinski definition) is 1. The molecular formula is C26H24Cl2N2O4. The SMILES string of the molecule is COc1cccc(C2C(C#N)=C(N)OC3=C2C(=O)CC(C)(C)C3)c1OCc1c(Cl)cccc1Cl. The van der Waals surface area contributed by atoms with Crippen LogP contribution in [0.5, 0.6) is 11.5 Å². The normalized spacial score (nSPS) is 19.3. The van der Waals surface area contributed by atoms with Gasteiger partial charge in [-0.05, 0) is 23.6 Å². The van der Waals surface area contributed by atoms with Crippen LogP contribution in [0.1, 0.15) is 43.7 Å². The first-order valence-electron chi connectivity index (χ1n) is 10.7. The minimum absolute atomic E-state index is 0.0142. The second-order valence-electron chi connectivity index (χ2n) is 9.07. The Bertz CT molecular complexity index is 1250.